The van der Waals surface area contributed by atoms with E-state index in [0.717, 1.165) is 58.4 Å². The number of hydrogen-bond acceptors (Lipinski definition) is 4. The van der Waals surface area contributed by atoms with Crippen molar-refractivity contribution in [3.05, 3.63) is 82.7 Å². The molecule has 8 bridgehead atoms. The first-order valence-electron chi connectivity index (χ1n) is 12.3. The molecule has 1 aliphatic rings. The molecule has 0 aliphatic carbocycles. The Morgan fingerprint density at radius 1 is 0.694 bits per heavy atom. The van der Waals surface area contributed by atoms with E-state index in [1.54, 1.807) is 0 Å². The Labute approximate surface area is 228 Å². The fraction of sp³-hybridized carbons (Fsp3) is 0.448. The van der Waals surface area contributed by atoms with Crippen LogP contribution in [-0.4, -0.2) is 29.5 Å². The van der Waals surface area contributed by atoms with Crippen molar-refractivity contribution in [2.75, 3.05) is 0 Å². The number of nitrogens with zero attached hydrogens (tertiary/aromatic N) is 6. The average molecular weight is 662 g/mol. The summed E-state index contributed by atoms with van der Waals surface area (Å²) in [5.41, 5.74) is 5.54. The second-order valence-electron chi connectivity index (χ2n) is 12.1. The van der Waals surface area contributed by atoms with Crippen LogP contribution >= 0.6 is 0 Å². The van der Waals surface area contributed by atoms with E-state index in [9.17, 15) is 0 Å². The molecule has 1 aliphatic heterocycles. The van der Waals surface area contributed by atoms with Crippen LogP contribution in [-0.2, 0) is 50.2 Å². The first-order chi connectivity index (χ1) is 16.3. The van der Waals surface area contributed by atoms with Crippen molar-refractivity contribution in [3.63, 3.8) is 0 Å². The molecule has 7 heteroatoms. The molecule has 190 valence electrons. The summed E-state index contributed by atoms with van der Waals surface area (Å²) in [7, 11) is 0. The first kappa shape index (κ1) is 26.5. The summed E-state index contributed by atoms with van der Waals surface area (Å²) in [6, 6.07) is 12.2. The minimum absolute atomic E-state index is 0. The summed E-state index contributed by atoms with van der Waals surface area (Å²) in [5, 5.41) is 9.96. The van der Waals surface area contributed by atoms with Gasteiger partial charge in [-0.3, -0.25) is 20.2 Å². The Morgan fingerprint density at radius 2 is 1.08 bits per heavy atom. The zero-order valence-corrected chi connectivity index (χ0v) is 24.7. The Hall–Kier alpha value is -2.59. The fourth-order valence-corrected chi connectivity index (χ4v) is 4.66. The van der Waals surface area contributed by atoms with E-state index in [1.807, 2.05) is 33.6 Å². The van der Waals surface area contributed by atoms with E-state index in [0.29, 0.717) is 0 Å². The molecule has 0 saturated heterocycles. The fourth-order valence-electron chi connectivity index (χ4n) is 4.66. The number of aryl methyl sites for hydroxylation is 2. The van der Waals surface area contributed by atoms with Gasteiger partial charge in [-0.05, 0) is 61.0 Å². The van der Waals surface area contributed by atoms with Gasteiger partial charge in [0.25, 0.3) is 0 Å². The van der Waals surface area contributed by atoms with Crippen molar-refractivity contribution < 1.29 is 21.1 Å². The summed E-state index contributed by atoms with van der Waals surface area (Å²) < 4.78 is 3.63. The van der Waals surface area contributed by atoms with Crippen LogP contribution in [0.3, 0.4) is 0 Å². The van der Waals surface area contributed by atoms with Crippen molar-refractivity contribution in [2.24, 2.45) is 0 Å². The molecule has 0 radical (unpaired) electrons. The van der Waals surface area contributed by atoms with E-state index in [2.05, 4.69) is 79.9 Å². The molecule has 36 heavy (non-hydrogen) atoms. The van der Waals surface area contributed by atoms with Crippen molar-refractivity contribution in [2.45, 2.75) is 84.5 Å². The molecule has 0 saturated carbocycles. The third kappa shape index (κ3) is 4.72. The second kappa shape index (κ2) is 9.06. The van der Waals surface area contributed by atoms with Gasteiger partial charge in [-0.15, -0.1) is 11.1 Å². The zero-order valence-electron chi connectivity index (χ0n) is 22.4. The molecule has 0 spiro atoms. The maximum absolute atomic E-state index is 5.02. The molecule has 0 amide bonds. The summed E-state index contributed by atoms with van der Waals surface area (Å²) in [6.45, 7) is 17.5. The number of hydrogen-bond donors (Lipinski definition) is 0. The SMILES string of the molecule is CC(C)(C)c1nn2[c-]c1CCc1[c-]n(nc1C(C)(C)C)-c1cccc(n1)C(C)(C)c1cccc-2n1.[Pt+2]. The number of rotatable bonds is 0. The topological polar surface area (TPSA) is 61.4 Å². The van der Waals surface area contributed by atoms with Gasteiger partial charge >= 0.3 is 21.1 Å². The molecule has 0 aromatic carbocycles. The van der Waals surface area contributed by atoms with Gasteiger partial charge in [0, 0.05) is 16.8 Å². The predicted molar refractivity (Wildman–Crippen MR) is 137 cm³/mol. The number of fused-ring (bicyclic) bond motifs is 10. The third-order valence-electron chi connectivity index (χ3n) is 6.68. The van der Waals surface area contributed by atoms with Crippen LogP contribution in [0.1, 0.15) is 89.3 Å². The van der Waals surface area contributed by atoms with Gasteiger partial charge < -0.3 is 9.36 Å². The monoisotopic (exact) mass is 661 g/mol. The Kier molecular flexibility index (Phi) is 6.66. The molecule has 0 atom stereocenters. The van der Waals surface area contributed by atoms with Crippen molar-refractivity contribution >= 4 is 0 Å². The normalized spacial score (nSPS) is 15.0. The molecule has 0 fully saturated rings. The van der Waals surface area contributed by atoms with Gasteiger partial charge in [-0.25, -0.2) is 0 Å². The van der Waals surface area contributed by atoms with Gasteiger partial charge in [0.1, 0.15) is 0 Å². The Morgan fingerprint density at radius 3 is 1.44 bits per heavy atom. The van der Waals surface area contributed by atoms with Gasteiger partial charge in [0.2, 0.25) is 0 Å². The van der Waals surface area contributed by atoms with Gasteiger partial charge in [0.05, 0.1) is 11.6 Å². The number of aromatic nitrogens is 6. The maximum atomic E-state index is 5.02. The largest absolute Gasteiger partial charge is 2.00 e. The molecule has 6 nitrogen and oxygen atoms in total. The van der Waals surface area contributed by atoms with Crippen LogP contribution in [0, 0.1) is 12.4 Å². The van der Waals surface area contributed by atoms with Crippen molar-refractivity contribution in [3.8, 4) is 11.6 Å². The minimum atomic E-state index is -0.419. The van der Waals surface area contributed by atoms with E-state index < -0.39 is 5.41 Å². The van der Waals surface area contributed by atoms with Crippen LogP contribution in [0.2, 0.25) is 0 Å². The minimum Gasteiger partial charge on any atom is -0.343 e. The summed E-state index contributed by atoms with van der Waals surface area (Å²) >= 11 is 0. The third-order valence-corrected chi connectivity index (χ3v) is 6.68. The second-order valence-corrected chi connectivity index (χ2v) is 12.1. The van der Waals surface area contributed by atoms with E-state index in [1.165, 1.54) is 0 Å². The zero-order chi connectivity index (χ0) is 25.2. The van der Waals surface area contributed by atoms with Crippen molar-refractivity contribution in [1.29, 1.82) is 0 Å². The van der Waals surface area contributed by atoms with Crippen molar-refractivity contribution in [1.82, 2.24) is 29.5 Å². The molecule has 4 aromatic rings. The molecule has 0 N–H and O–H groups in total. The summed E-state index contributed by atoms with van der Waals surface area (Å²) in [4.78, 5) is 10.0. The van der Waals surface area contributed by atoms with Crippen LogP contribution < -0.4 is 0 Å². The molecular formula is C29H34N6Pt. The molecular weight excluding hydrogens is 627 g/mol. The average Bonchev–Trinajstić information content (AvgIpc) is 3.42. The summed E-state index contributed by atoms with van der Waals surface area (Å²) in [5.74, 6) is 1.54. The maximum Gasteiger partial charge on any atom is 2.00 e. The molecule has 0 unspecified atom stereocenters. The van der Waals surface area contributed by atoms with Crippen LogP contribution in [0.5, 0.6) is 0 Å². The van der Waals surface area contributed by atoms with E-state index >= 15 is 0 Å². The first-order valence-corrected chi connectivity index (χ1v) is 12.3. The van der Waals surface area contributed by atoms with E-state index in [-0.39, 0.29) is 31.9 Å². The van der Waals surface area contributed by atoms with Gasteiger partial charge in [-0.2, -0.15) is 0 Å². The van der Waals surface area contributed by atoms with Crippen LogP contribution in [0.25, 0.3) is 11.6 Å². The standard InChI is InChI=1S/C29H34N6.Pt/c1-27(2,3)25-19-15-16-20-18-35(33-26(20)28(4,5)6)24-14-10-12-22(31-24)29(7,8)21-11-9-13-23(30-21)34(17-19)32-25;/h9-14H,15-16H2,1-8H3;/q-2;+2. The van der Waals surface area contributed by atoms with Crippen LogP contribution in [0.4, 0.5) is 0 Å². The van der Waals surface area contributed by atoms with Gasteiger partial charge in [-0.1, -0.05) is 78.2 Å². The van der Waals surface area contributed by atoms with Crippen LogP contribution in [0.15, 0.2) is 36.4 Å². The molecule has 5 rings (SSSR count). The van der Waals surface area contributed by atoms with Gasteiger partial charge in [0.15, 0.2) is 0 Å². The Balaban J connectivity index is 0.00000304. The molecule has 5 heterocycles. The quantitative estimate of drug-likeness (QED) is 0.235. The number of pyridine rings is 2. The molecule has 4 aromatic heterocycles. The van der Waals surface area contributed by atoms with E-state index in [4.69, 9.17) is 20.2 Å². The smallest absolute Gasteiger partial charge is 0.343 e. The summed E-state index contributed by atoms with van der Waals surface area (Å²) in [6.07, 6.45) is 8.69. The predicted octanol–water partition coefficient (Wildman–Crippen LogP) is 5.47. The Bertz CT molecular complexity index is 1290.